The summed E-state index contributed by atoms with van der Waals surface area (Å²) >= 11 is 0. The first-order chi connectivity index (χ1) is 10.2. The van der Waals surface area contributed by atoms with Crippen LogP contribution in [0.3, 0.4) is 0 Å². The first kappa shape index (κ1) is 14.1. The van der Waals surface area contributed by atoms with E-state index in [4.69, 9.17) is 0 Å². The Morgan fingerprint density at radius 3 is 2.52 bits per heavy atom. The van der Waals surface area contributed by atoms with Crippen molar-refractivity contribution in [3.8, 4) is 0 Å². The molecule has 1 saturated heterocycles. The summed E-state index contributed by atoms with van der Waals surface area (Å²) in [6.07, 6.45) is 5.94. The van der Waals surface area contributed by atoms with Gasteiger partial charge in [0.2, 0.25) is 11.8 Å². The largest absolute Gasteiger partial charge is 0.351 e. The van der Waals surface area contributed by atoms with E-state index in [1.165, 1.54) is 6.42 Å². The lowest BCUT2D eigenvalue weighted by molar-refractivity contribution is -0.126. The summed E-state index contributed by atoms with van der Waals surface area (Å²) in [4.78, 5) is 26.2. The number of hydrogen-bond donors (Lipinski definition) is 1. The van der Waals surface area contributed by atoms with E-state index in [0.717, 1.165) is 31.4 Å². The van der Waals surface area contributed by atoms with E-state index in [-0.39, 0.29) is 23.8 Å². The summed E-state index contributed by atoms with van der Waals surface area (Å²) in [6.45, 7) is 0.585. The summed E-state index contributed by atoms with van der Waals surface area (Å²) in [5.41, 5.74) is 0.914. The molecular weight excluding hydrogens is 264 g/mol. The Kier molecular flexibility index (Phi) is 4.23. The van der Waals surface area contributed by atoms with Crippen LogP contribution < -0.4 is 10.2 Å². The van der Waals surface area contributed by atoms with E-state index in [0.29, 0.717) is 13.0 Å². The fourth-order valence-electron chi connectivity index (χ4n) is 3.35. The molecule has 1 atom stereocenters. The zero-order valence-corrected chi connectivity index (χ0v) is 12.3. The molecule has 1 saturated carbocycles. The van der Waals surface area contributed by atoms with Gasteiger partial charge in [0.1, 0.15) is 0 Å². The third-order valence-corrected chi connectivity index (χ3v) is 4.52. The average Bonchev–Trinajstić information content (AvgIpc) is 2.89. The zero-order valence-electron chi connectivity index (χ0n) is 12.3. The first-order valence-electron chi connectivity index (χ1n) is 7.90. The minimum Gasteiger partial charge on any atom is -0.351 e. The molecule has 0 aromatic heterocycles. The van der Waals surface area contributed by atoms with Crippen LogP contribution in [0, 0.1) is 5.92 Å². The van der Waals surface area contributed by atoms with Gasteiger partial charge in [0, 0.05) is 24.6 Å². The Morgan fingerprint density at radius 2 is 1.81 bits per heavy atom. The molecule has 1 unspecified atom stereocenters. The van der Waals surface area contributed by atoms with Gasteiger partial charge in [-0.1, -0.05) is 37.5 Å². The van der Waals surface area contributed by atoms with E-state index in [1.54, 1.807) is 4.90 Å². The van der Waals surface area contributed by atoms with Crippen LogP contribution in [-0.2, 0) is 9.59 Å². The Balaban J connectivity index is 1.58. The summed E-state index contributed by atoms with van der Waals surface area (Å²) in [5, 5.41) is 3.08. The molecule has 0 radical (unpaired) electrons. The molecule has 3 rings (SSSR count). The predicted octanol–water partition coefficient (Wildman–Crippen LogP) is 2.49. The molecule has 1 N–H and O–H groups in total. The number of rotatable bonds is 3. The highest BCUT2D eigenvalue weighted by Crippen LogP contribution is 2.25. The topological polar surface area (TPSA) is 49.4 Å². The molecule has 1 aliphatic heterocycles. The number of amides is 2. The van der Waals surface area contributed by atoms with Crippen LogP contribution in [0.5, 0.6) is 0 Å². The van der Waals surface area contributed by atoms with Crippen molar-refractivity contribution in [1.82, 2.24) is 5.32 Å². The molecule has 1 heterocycles. The quantitative estimate of drug-likeness (QED) is 0.928. The van der Waals surface area contributed by atoms with Gasteiger partial charge in [-0.2, -0.15) is 0 Å². The van der Waals surface area contributed by atoms with E-state index in [1.807, 2.05) is 30.3 Å². The standard InChI is InChI=1S/C17H22N2O2/c20-16-11-14(12-19(16)15-9-5-2-6-10-15)18-17(21)13-7-3-1-4-8-13/h2,5-6,9-10,13-14H,1,3-4,7-8,11-12H2,(H,18,21). The van der Waals surface area contributed by atoms with Crippen LogP contribution in [0.25, 0.3) is 0 Å². The number of nitrogens with zero attached hydrogens (tertiary/aromatic N) is 1. The van der Waals surface area contributed by atoms with Crippen molar-refractivity contribution >= 4 is 17.5 Å². The maximum Gasteiger partial charge on any atom is 0.229 e. The van der Waals surface area contributed by atoms with Gasteiger partial charge in [0.05, 0.1) is 6.04 Å². The number of carbonyl (C=O) groups excluding carboxylic acids is 2. The maximum absolute atomic E-state index is 12.3. The molecule has 2 fully saturated rings. The Morgan fingerprint density at radius 1 is 1.10 bits per heavy atom. The third-order valence-electron chi connectivity index (χ3n) is 4.52. The van der Waals surface area contributed by atoms with Crippen molar-refractivity contribution < 1.29 is 9.59 Å². The monoisotopic (exact) mass is 286 g/mol. The molecule has 112 valence electrons. The fourth-order valence-corrected chi connectivity index (χ4v) is 3.35. The molecular formula is C17H22N2O2. The highest BCUT2D eigenvalue weighted by molar-refractivity contribution is 5.96. The van der Waals surface area contributed by atoms with Gasteiger partial charge in [0.15, 0.2) is 0 Å². The van der Waals surface area contributed by atoms with Crippen molar-refractivity contribution in [2.24, 2.45) is 5.92 Å². The van der Waals surface area contributed by atoms with Crippen LogP contribution in [0.15, 0.2) is 30.3 Å². The van der Waals surface area contributed by atoms with Gasteiger partial charge >= 0.3 is 0 Å². The lowest BCUT2D eigenvalue weighted by Gasteiger charge is -2.23. The minimum absolute atomic E-state index is 0.0490. The molecule has 1 aromatic rings. The van der Waals surface area contributed by atoms with Crippen LogP contribution >= 0.6 is 0 Å². The second-order valence-corrected chi connectivity index (χ2v) is 6.08. The molecule has 0 spiro atoms. The Hall–Kier alpha value is -1.84. The van der Waals surface area contributed by atoms with Crippen LogP contribution in [0.4, 0.5) is 5.69 Å². The molecule has 0 bridgehead atoms. The lowest BCUT2D eigenvalue weighted by Crippen LogP contribution is -2.41. The van der Waals surface area contributed by atoms with Crippen LogP contribution in [0.2, 0.25) is 0 Å². The normalized spacial score (nSPS) is 23.3. The molecule has 21 heavy (non-hydrogen) atoms. The summed E-state index contributed by atoms with van der Waals surface area (Å²) in [6, 6.07) is 9.61. The van der Waals surface area contributed by atoms with Crippen molar-refractivity contribution in [1.29, 1.82) is 0 Å². The second kappa shape index (κ2) is 6.29. The molecule has 2 aliphatic rings. The number of anilines is 1. The van der Waals surface area contributed by atoms with Gasteiger partial charge in [0.25, 0.3) is 0 Å². The lowest BCUT2D eigenvalue weighted by atomic mass is 9.88. The highest BCUT2D eigenvalue weighted by atomic mass is 16.2. The SMILES string of the molecule is O=C(NC1CC(=O)N(c2ccccc2)C1)C1CCCCC1. The van der Waals surface area contributed by atoms with E-state index >= 15 is 0 Å². The van der Waals surface area contributed by atoms with Crippen LogP contribution in [-0.4, -0.2) is 24.4 Å². The smallest absolute Gasteiger partial charge is 0.229 e. The average molecular weight is 286 g/mol. The Labute approximate surface area is 125 Å². The van der Waals surface area contributed by atoms with E-state index in [2.05, 4.69) is 5.32 Å². The van der Waals surface area contributed by atoms with Gasteiger partial charge in [-0.15, -0.1) is 0 Å². The number of hydrogen-bond acceptors (Lipinski definition) is 2. The molecule has 4 nitrogen and oxygen atoms in total. The zero-order chi connectivity index (χ0) is 14.7. The van der Waals surface area contributed by atoms with Gasteiger partial charge in [-0.05, 0) is 25.0 Å². The van der Waals surface area contributed by atoms with E-state index in [9.17, 15) is 9.59 Å². The number of para-hydroxylation sites is 1. The van der Waals surface area contributed by atoms with Crippen molar-refractivity contribution in [2.45, 2.75) is 44.6 Å². The van der Waals surface area contributed by atoms with Crippen LogP contribution in [0.1, 0.15) is 38.5 Å². The second-order valence-electron chi connectivity index (χ2n) is 6.08. The van der Waals surface area contributed by atoms with Gasteiger partial charge in [-0.3, -0.25) is 9.59 Å². The Bertz CT molecular complexity index is 509. The fraction of sp³-hybridized carbons (Fsp3) is 0.529. The molecule has 1 aliphatic carbocycles. The maximum atomic E-state index is 12.3. The van der Waals surface area contributed by atoms with Gasteiger partial charge < -0.3 is 10.2 Å². The van der Waals surface area contributed by atoms with Crippen molar-refractivity contribution in [3.63, 3.8) is 0 Å². The summed E-state index contributed by atoms with van der Waals surface area (Å²) < 4.78 is 0. The number of carbonyl (C=O) groups is 2. The summed E-state index contributed by atoms with van der Waals surface area (Å²) in [7, 11) is 0. The number of nitrogens with one attached hydrogen (secondary N) is 1. The predicted molar refractivity (Wildman–Crippen MR) is 81.9 cm³/mol. The van der Waals surface area contributed by atoms with Gasteiger partial charge in [-0.25, -0.2) is 0 Å². The molecule has 2 amide bonds. The summed E-state index contributed by atoms with van der Waals surface area (Å²) in [5.74, 6) is 0.386. The molecule has 4 heteroatoms. The first-order valence-corrected chi connectivity index (χ1v) is 7.90. The molecule has 1 aromatic carbocycles. The van der Waals surface area contributed by atoms with Crippen molar-refractivity contribution in [2.75, 3.05) is 11.4 Å². The third kappa shape index (κ3) is 3.26. The minimum atomic E-state index is -0.0490. The van der Waals surface area contributed by atoms with E-state index < -0.39 is 0 Å². The highest BCUT2D eigenvalue weighted by Gasteiger charge is 2.33. The van der Waals surface area contributed by atoms with Crippen molar-refractivity contribution in [3.05, 3.63) is 30.3 Å². The number of benzene rings is 1.